The average molecular weight is 553 g/mol. The molecule has 1 aliphatic rings. The number of benzene rings is 1. The van der Waals surface area contributed by atoms with Gasteiger partial charge in [0.2, 0.25) is 0 Å². The molecule has 0 aliphatic carbocycles. The van der Waals surface area contributed by atoms with Gasteiger partial charge < -0.3 is 15.2 Å². The Morgan fingerprint density at radius 3 is 2.65 bits per heavy atom. The minimum Gasteiger partial charge on any atom is -0.354 e. The predicted molar refractivity (Wildman–Crippen MR) is 141 cm³/mol. The van der Waals surface area contributed by atoms with E-state index in [1.54, 1.807) is 0 Å². The number of hydrogen-bond acceptors (Lipinski definition) is 4. The third kappa shape index (κ3) is 5.78. The first-order chi connectivity index (χ1) is 14.7. The Morgan fingerprint density at radius 1 is 1.19 bits per heavy atom. The maximum atomic E-state index is 4.75. The highest BCUT2D eigenvalue weighted by Crippen LogP contribution is 2.29. The number of rotatable bonds is 6. The van der Waals surface area contributed by atoms with Gasteiger partial charge in [-0.25, -0.2) is 4.98 Å². The average Bonchev–Trinajstić information content (AvgIpc) is 3.40. The summed E-state index contributed by atoms with van der Waals surface area (Å²) in [4.78, 5) is 13.2. The quantitative estimate of drug-likeness (QED) is 0.271. The number of hydrogen-bond donors (Lipinski definition) is 2. The Labute approximate surface area is 206 Å². The van der Waals surface area contributed by atoms with Crippen LogP contribution < -0.4 is 10.6 Å². The molecule has 3 heterocycles. The van der Waals surface area contributed by atoms with Crippen LogP contribution in [0.4, 0.5) is 0 Å². The first-order valence-corrected chi connectivity index (χ1v) is 11.7. The van der Waals surface area contributed by atoms with E-state index in [9.17, 15) is 0 Å². The van der Waals surface area contributed by atoms with Gasteiger partial charge in [-0.05, 0) is 55.4 Å². The number of nitrogens with zero attached hydrogens (tertiary/aromatic N) is 4. The van der Waals surface area contributed by atoms with E-state index in [1.165, 1.54) is 17.7 Å². The summed E-state index contributed by atoms with van der Waals surface area (Å²) in [5, 5.41) is 9.17. The topological polar surface area (TPSA) is 57.5 Å². The summed E-state index contributed by atoms with van der Waals surface area (Å²) in [6.45, 7) is 6.17. The summed E-state index contributed by atoms with van der Waals surface area (Å²) in [6, 6.07) is 13.0. The minimum atomic E-state index is 0. The Bertz CT molecular complexity index is 975. The van der Waals surface area contributed by atoms with E-state index in [-0.39, 0.29) is 24.0 Å². The smallest absolute Gasteiger partial charge is 0.191 e. The number of imidazole rings is 1. The third-order valence-electron chi connectivity index (χ3n) is 6.11. The summed E-state index contributed by atoms with van der Waals surface area (Å²) in [5.41, 5.74) is 2.17. The van der Waals surface area contributed by atoms with Gasteiger partial charge in [0, 0.05) is 25.5 Å². The van der Waals surface area contributed by atoms with Crippen LogP contribution >= 0.6 is 35.3 Å². The van der Waals surface area contributed by atoms with Crippen LogP contribution in [-0.4, -0.2) is 47.1 Å². The standard InChI is InChI=1S/C23H32N6S.HI/c1-17-10-12-29(13-11-17)20(21-9-6-14-30-21)15-25-23(24-2)26-16-22-27-18-7-4-5-8-19(18)28(22)3;/h4-9,14,17,20H,10-13,15-16H2,1-3H3,(H2,24,25,26);1H. The summed E-state index contributed by atoms with van der Waals surface area (Å²) in [7, 11) is 3.89. The van der Waals surface area contributed by atoms with Crippen molar-refractivity contribution in [3.05, 3.63) is 52.5 Å². The molecule has 1 unspecified atom stereocenters. The van der Waals surface area contributed by atoms with E-state index in [0.29, 0.717) is 12.6 Å². The van der Waals surface area contributed by atoms with Crippen molar-refractivity contribution in [2.75, 3.05) is 26.7 Å². The van der Waals surface area contributed by atoms with Gasteiger partial charge in [0.05, 0.1) is 23.6 Å². The molecule has 31 heavy (non-hydrogen) atoms. The zero-order valence-corrected chi connectivity index (χ0v) is 21.7. The number of nitrogens with one attached hydrogen (secondary N) is 2. The lowest BCUT2D eigenvalue weighted by Gasteiger charge is -2.36. The molecule has 0 saturated carbocycles. The highest BCUT2D eigenvalue weighted by molar-refractivity contribution is 14.0. The van der Waals surface area contributed by atoms with Crippen LogP contribution in [0.1, 0.15) is 36.5 Å². The maximum Gasteiger partial charge on any atom is 0.191 e. The molecule has 1 fully saturated rings. The molecule has 2 N–H and O–H groups in total. The second-order valence-corrected chi connectivity index (χ2v) is 9.11. The Kier molecular flexibility index (Phi) is 8.74. The monoisotopic (exact) mass is 552 g/mol. The van der Waals surface area contributed by atoms with Crippen molar-refractivity contribution in [2.45, 2.75) is 32.4 Å². The molecule has 168 valence electrons. The number of thiophene rings is 1. The number of aryl methyl sites for hydroxylation is 1. The molecule has 1 aliphatic heterocycles. The summed E-state index contributed by atoms with van der Waals surface area (Å²) in [5.74, 6) is 2.65. The lowest BCUT2D eigenvalue weighted by molar-refractivity contribution is 0.140. The van der Waals surface area contributed by atoms with Crippen LogP contribution in [-0.2, 0) is 13.6 Å². The van der Waals surface area contributed by atoms with Crippen molar-refractivity contribution < 1.29 is 0 Å². The molecule has 3 aromatic rings. The van der Waals surface area contributed by atoms with Crippen molar-refractivity contribution in [3.63, 3.8) is 0 Å². The predicted octanol–water partition coefficient (Wildman–Crippen LogP) is 4.39. The second-order valence-electron chi connectivity index (χ2n) is 8.13. The third-order valence-corrected chi connectivity index (χ3v) is 7.08. The van der Waals surface area contributed by atoms with Crippen molar-refractivity contribution in [1.29, 1.82) is 0 Å². The van der Waals surface area contributed by atoms with Crippen LogP contribution in [0.25, 0.3) is 11.0 Å². The molecule has 0 spiro atoms. The van der Waals surface area contributed by atoms with E-state index < -0.39 is 0 Å². The molecule has 0 amide bonds. The molecular weight excluding hydrogens is 519 g/mol. The molecule has 2 aromatic heterocycles. The number of guanidine groups is 1. The molecule has 1 saturated heterocycles. The Balaban J connectivity index is 0.00000272. The molecule has 1 aromatic carbocycles. The van der Waals surface area contributed by atoms with E-state index in [0.717, 1.165) is 48.4 Å². The summed E-state index contributed by atoms with van der Waals surface area (Å²) in [6.07, 6.45) is 2.56. The number of piperidine rings is 1. The fraction of sp³-hybridized carbons (Fsp3) is 0.478. The zero-order valence-electron chi connectivity index (χ0n) is 18.5. The van der Waals surface area contributed by atoms with Crippen LogP contribution in [0, 0.1) is 5.92 Å². The maximum absolute atomic E-state index is 4.75. The molecule has 0 bridgehead atoms. The number of fused-ring (bicyclic) bond motifs is 1. The van der Waals surface area contributed by atoms with E-state index in [2.05, 4.69) is 68.7 Å². The van der Waals surface area contributed by atoms with Gasteiger partial charge >= 0.3 is 0 Å². The van der Waals surface area contributed by atoms with Gasteiger partial charge in [0.15, 0.2) is 5.96 Å². The van der Waals surface area contributed by atoms with Crippen molar-refractivity contribution >= 4 is 52.3 Å². The van der Waals surface area contributed by atoms with Crippen molar-refractivity contribution in [2.24, 2.45) is 18.0 Å². The number of halogens is 1. The van der Waals surface area contributed by atoms with Crippen molar-refractivity contribution in [1.82, 2.24) is 25.1 Å². The Morgan fingerprint density at radius 2 is 1.97 bits per heavy atom. The van der Waals surface area contributed by atoms with Gasteiger partial charge in [-0.3, -0.25) is 9.89 Å². The van der Waals surface area contributed by atoms with E-state index in [1.807, 2.05) is 30.5 Å². The van der Waals surface area contributed by atoms with Crippen molar-refractivity contribution in [3.8, 4) is 0 Å². The summed E-state index contributed by atoms with van der Waals surface area (Å²) >= 11 is 1.84. The fourth-order valence-electron chi connectivity index (χ4n) is 4.16. The van der Waals surface area contributed by atoms with Crippen LogP contribution in [0.2, 0.25) is 0 Å². The van der Waals surface area contributed by atoms with E-state index in [4.69, 9.17) is 4.98 Å². The lowest BCUT2D eigenvalue weighted by Crippen LogP contribution is -2.44. The number of aromatic nitrogens is 2. The van der Waals surface area contributed by atoms with Gasteiger partial charge in [-0.1, -0.05) is 25.1 Å². The van der Waals surface area contributed by atoms with Crippen LogP contribution in [0.15, 0.2) is 46.8 Å². The summed E-state index contributed by atoms with van der Waals surface area (Å²) < 4.78 is 2.14. The number of aliphatic imine (C=N–C) groups is 1. The highest BCUT2D eigenvalue weighted by Gasteiger charge is 2.25. The molecule has 4 rings (SSSR count). The second kappa shape index (κ2) is 11.3. The Hall–Kier alpha value is -1.65. The molecule has 1 atom stereocenters. The lowest BCUT2D eigenvalue weighted by atomic mass is 9.97. The van der Waals surface area contributed by atoms with Gasteiger partial charge in [-0.15, -0.1) is 35.3 Å². The normalized spacial score (nSPS) is 16.8. The van der Waals surface area contributed by atoms with Gasteiger partial charge in [-0.2, -0.15) is 0 Å². The number of likely N-dealkylation sites (tertiary alicyclic amines) is 1. The van der Waals surface area contributed by atoms with Crippen LogP contribution in [0.3, 0.4) is 0 Å². The molecular formula is C23H33IN6S. The SMILES string of the molecule is CN=C(NCc1nc2ccccc2n1C)NCC(c1cccs1)N1CCC(C)CC1.I. The zero-order chi connectivity index (χ0) is 20.9. The molecule has 0 radical (unpaired) electrons. The fourth-order valence-corrected chi connectivity index (χ4v) is 5.02. The van der Waals surface area contributed by atoms with Gasteiger partial charge in [0.25, 0.3) is 0 Å². The van der Waals surface area contributed by atoms with E-state index >= 15 is 0 Å². The first-order valence-electron chi connectivity index (χ1n) is 10.8. The van der Waals surface area contributed by atoms with Gasteiger partial charge in [0.1, 0.15) is 5.82 Å². The van der Waals surface area contributed by atoms with Crippen LogP contribution in [0.5, 0.6) is 0 Å². The molecule has 8 heteroatoms. The first kappa shape index (κ1) is 24.0. The number of para-hydroxylation sites is 2. The minimum absolute atomic E-state index is 0. The largest absolute Gasteiger partial charge is 0.354 e. The highest BCUT2D eigenvalue weighted by atomic mass is 127. The molecule has 6 nitrogen and oxygen atoms in total.